The lowest BCUT2D eigenvalue weighted by Crippen LogP contribution is -2.62. The molecule has 4 saturated carbocycles. The molecule has 0 unspecified atom stereocenters. The highest BCUT2D eigenvalue weighted by atomic mass is 16.6. The van der Waals surface area contributed by atoms with Gasteiger partial charge in [-0.3, -0.25) is 0 Å². The van der Waals surface area contributed by atoms with Crippen LogP contribution in [-0.2, 0) is 14.3 Å². The van der Waals surface area contributed by atoms with E-state index in [0.29, 0.717) is 41.4 Å². The smallest absolute Gasteiger partial charge is 0.342 e. The topological polar surface area (TPSA) is 82.1 Å². The van der Waals surface area contributed by atoms with Gasteiger partial charge in [-0.05, 0) is 118 Å². The minimum atomic E-state index is -1.37. The van der Waals surface area contributed by atoms with E-state index < -0.39 is 11.6 Å². The van der Waals surface area contributed by atoms with E-state index in [-0.39, 0.29) is 40.3 Å². The molecule has 5 aliphatic rings. The summed E-state index contributed by atoms with van der Waals surface area (Å²) in [6.45, 7) is 13.7. The van der Waals surface area contributed by atoms with Gasteiger partial charge < -0.3 is 19.3 Å². The van der Waals surface area contributed by atoms with Crippen LogP contribution in [0.3, 0.4) is 0 Å². The SMILES string of the molecule is COc1ccccc1C(=O)O[C@H]1CC[C@]2(C)[C@H]3CC[C@H]4[C@@H](CC[C@@H]4[C@@]4(O)C[C@@H](C=C(C)C)OC4=O)[C@]3(C)CC[C@H]2C1(C)C. The number of ether oxygens (including phenoxy) is 3. The number of allylic oxidation sites excluding steroid dienone is 1. The van der Waals surface area contributed by atoms with Gasteiger partial charge in [0.25, 0.3) is 0 Å². The number of carbonyl (C=O) groups excluding carboxylic acids is 2. The van der Waals surface area contributed by atoms with Gasteiger partial charge in [0.2, 0.25) is 0 Å². The first-order valence-corrected chi connectivity index (χ1v) is 16.7. The Bertz CT molecular complexity index is 1300. The van der Waals surface area contributed by atoms with Crippen molar-refractivity contribution in [3.05, 3.63) is 41.5 Å². The first-order chi connectivity index (χ1) is 20.3. The van der Waals surface area contributed by atoms with E-state index in [1.165, 1.54) is 0 Å². The van der Waals surface area contributed by atoms with Crippen molar-refractivity contribution in [2.24, 2.45) is 45.8 Å². The molecule has 6 nitrogen and oxygen atoms in total. The Labute approximate surface area is 257 Å². The Kier molecular flexibility index (Phi) is 7.59. The maximum absolute atomic E-state index is 13.3. The molecule has 1 aromatic carbocycles. The minimum absolute atomic E-state index is 0.0227. The van der Waals surface area contributed by atoms with E-state index in [9.17, 15) is 14.7 Å². The molecule has 1 N–H and O–H groups in total. The highest BCUT2D eigenvalue weighted by molar-refractivity contribution is 5.92. The summed E-state index contributed by atoms with van der Waals surface area (Å²) in [7, 11) is 1.59. The summed E-state index contributed by atoms with van der Waals surface area (Å²) in [5.74, 6) is 1.72. The van der Waals surface area contributed by atoms with Crippen molar-refractivity contribution in [1.29, 1.82) is 0 Å². The Morgan fingerprint density at radius 1 is 0.930 bits per heavy atom. The number of cyclic esters (lactones) is 1. The Hall–Kier alpha value is -2.34. The van der Waals surface area contributed by atoms with Gasteiger partial charge in [0.05, 0.1) is 7.11 Å². The van der Waals surface area contributed by atoms with Gasteiger partial charge in [0.15, 0.2) is 5.60 Å². The third kappa shape index (κ3) is 4.68. The van der Waals surface area contributed by atoms with Gasteiger partial charge in [-0.25, -0.2) is 9.59 Å². The third-order valence-corrected chi connectivity index (χ3v) is 13.3. The van der Waals surface area contributed by atoms with Crippen molar-refractivity contribution in [3.63, 3.8) is 0 Å². The summed E-state index contributed by atoms with van der Waals surface area (Å²) in [5, 5.41) is 11.8. The van der Waals surface area contributed by atoms with Crippen molar-refractivity contribution in [2.75, 3.05) is 7.11 Å². The molecule has 4 aliphatic carbocycles. The van der Waals surface area contributed by atoms with E-state index >= 15 is 0 Å². The van der Waals surface area contributed by atoms with Crippen molar-refractivity contribution in [1.82, 2.24) is 0 Å². The molecule has 0 aromatic heterocycles. The van der Waals surface area contributed by atoms with Crippen LogP contribution in [0.15, 0.2) is 35.9 Å². The molecule has 1 aromatic rings. The molecule has 236 valence electrons. The van der Waals surface area contributed by atoms with E-state index in [4.69, 9.17) is 14.2 Å². The monoisotopic (exact) mass is 592 g/mol. The zero-order chi connectivity index (χ0) is 30.9. The van der Waals surface area contributed by atoms with Crippen LogP contribution in [0.4, 0.5) is 0 Å². The Morgan fingerprint density at radius 3 is 2.35 bits per heavy atom. The van der Waals surface area contributed by atoms with Crippen LogP contribution in [-0.4, -0.2) is 42.0 Å². The average molecular weight is 593 g/mol. The number of methoxy groups -OCH3 is 1. The molecule has 1 heterocycles. The predicted molar refractivity (Wildman–Crippen MR) is 165 cm³/mol. The first kappa shape index (κ1) is 30.7. The summed E-state index contributed by atoms with van der Waals surface area (Å²) in [5.41, 5.74) is 0.411. The molecule has 10 atom stereocenters. The van der Waals surface area contributed by atoms with Crippen LogP contribution in [0.25, 0.3) is 0 Å². The van der Waals surface area contributed by atoms with Crippen LogP contribution >= 0.6 is 0 Å². The average Bonchev–Trinajstić information content (AvgIpc) is 3.51. The summed E-state index contributed by atoms with van der Waals surface area (Å²) >= 11 is 0. The number of hydrogen-bond acceptors (Lipinski definition) is 6. The molecule has 6 rings (SSSR count). The second-order valence-corrected chi connectivity index (χ2v) is 16.0. The number of rotatable bonds is 5. The fourth-order valence-corrected chi connectivity index (χ4v) is 11.6. The first-order valence-electron chi connectivity index (χ1n) is 16.7. The summed E-state index contributed by atoms with van der Waals surface area (Å²) in [6.07, 6.45) is 10.2. The lowest BCUT2D eigenvalue weighted by atomic mass is 9.38. The highest BCUT2D eigenvalue weighted by Gasteiger charge is 2.67. The molecule has 0 radical (unpaired) electrons. The van der Waals surface area contributed by atoms with Gasteiger partial charge in [-0.15, -0.1) is 0 Å². The van der Waals surface area contributed by atoms with E-state index in [1.54, 1.807) is 19.2 Å². The maximum Gasteiger partial charge on any atom is 0.342 e. The van der Waals surface area contributed by atoms with Gasteiger partial charge in [0.1, 0.15) is 23.5 Å². The lowest BCUT2D eigenvalue weighted by Gasteiger charge is -2.67. The quantitative estimate of drug-likeness (QED) is 0.281. The van der Waals surface area contributed by atoms with Gasteiger partial charge >= 0.3 is 11.9 Å². The number of hydrogen-bond donors (Lipinski definition) is 1. The number of carbonyl (C=O) groups is 2. The van der Waals surface area contributed by atoms with Crippen molar-refractivity contribution in [2.45, 2.75) is 117 Å². The normalized spacial score (nSPS) is 43.1. The molecule has 0 spiro atoms. The van der Waals surface area contributed by atoms with Gasteiger partial charge in [-0.1, -0.05) is 45.4 Å². The number of fused-ring (bicyclic) bond motifs is 5. The van der Waals surface area contributed by atoms with Crippen LogP contribution < -0.4 is 4.74 Å². The van der Waals surface area contributed by atoms with Gasteiger partial charge in [-0.2, -0.15) is 0 Å². The zero-order valence-electron chi connectivity index (χ0n) is 27.3. The third-order valence-electron chi connectivity index (χ3n) is 13.3. The molecule has 1 aliphatic heterocycles. The molecular weight excluding hydrogens is 540 g/mol. The molecular formula is C37H52O6. The second-order valence-electron chi connectivity index (χ2n) is 16.0. The minimum Gasteiger partial charge on any atom is -0.496 e. The second kappa shape index (κ2) is 10.6. The Balaban J connectivity index is 1.20. The molecule has 5 fully saturated rings. The maximum atomic E-state index is 13.3. The van der Waals surface area contributed by atoms with Crippen molar-refractivity contribution in [3.8, 4) is 5.75 Å². The van der Waals surface area contributed by atoms with Crippen LogP contribution in [0.5, 0.6) is 5.75 Å². The standard InChI is InChI=1S/C37H52O6/c1-22(2)20-23-21-37(40,33(39)42-23)27-14-13-26-24(27)12-15-30-35(26,5)18-16-29-34(3,4)31(17-19-36(29,30)6)43-32(38)25-10-8-9-11-28(25)41-7/h8-11,20,23-24,26-27,29-31,40H,12-19,21H2,1-7H3/t23-,24+,26-,27+,29+,30+,31+,35+,36+,37+/m1/s1. The molecule has 43 heavy (non-hydrogen) atoms. The van der Waals surface area contributed by atoms with Crippen LogP contribution in [0.2, 0.25) is 0 Å². The summed E-state index contributed by atoms with van der Waals surface area (Å²) in [4.78, 5) is 26.4. The number of para-hydroxylation sites is 1. The van der Waals surface area contributed by atoms with Crippen molar-refractivity contribution < 1.29 is 28.9 Å². The summed E-state index contributed by atoms with van der Waals surface area (Å²) < 4.78 is 17.4. The van der Waals surface area contributed by atoms with Crippen LogP contribution in [0, 0.1) is 45.8 Å². The van der Waals surface area contributed by atoms with Gasteiger partial charge in [0, 0.05) is 17.8 Å². The Morgan fingerprint density at radius 2 is 1.63 bits per heavy atom. The van der Waals surface area contributed by atoms with Crippen LogP contribution in [0.1, 0.15) is 110 Å². The largest absolute Gasteiger partial charge is 0.496 e. The lowest BCUT2D eigenvalue weighted by molar-refractivity contribution is -0.202. The van der Waals surface area contributed by atoms with E-state index in [2.05, 4.69) is 27.7 Å². The number of esters is 2. The molecule has 0 amide bonds. The molecule has 0 bridgehead atoms. The number of benzene rings is 1. The van der Waals surface area contributed by atoms with E-state index in [0.717, 1.165) is 56.9 Å². The predicted octanol–water partition coefficient (Wildman–Crippen LogP) is 7.53. The molecule has 1 saturated heterocycles. The molecule has 6 heteroatoms. The van der Waals surface area contributed by atoms with E-state index in [1.807, 2.05) is 32.1 Å². The number of aliphatic hydroxyl groups is 1. The fourth-order valence-electron chi connectivity index (χ4n) is 11.6. The highest BCUT2D eigenvalue weighted by Crippen LogP contribution is 2.72. The van der Waals surface area contributed by atoms with Crippen molar-refractivity contribution >= 4 is 11.9 Å². The fraction of sp³-hybridized carbons (Fsp3) is 0.730. The summed E-state index contributed by atoms with van der Waals surface area (Å²) in [6, 6.07) is 7.31. The zero-order valence-corrected chi connectivity index (χ0v) is 27.3.